The molecule has 7 heteroatoms. The van der Waals surface area contributed by atoms with Crippen LogP contribution in [0.1, 0.15) is 42.5 Å². The van der Waals surface area contributed by atoms with Crippen molar-refractivity contribution in [2.24, 2.45) is 0 Å². The summed E-state index contributed by atoms with van der Waals surface area (Å²) in [6.45, 7) is -0.0319. The third-order valence-electron chi connectivity index (χ3n) is 4.32. The van der Waals surface area contributed by atoms with Gasteiger partial charge in [0.05, 0.1) is 5.56 Å². The number of carbonyl (C=O) groups excluding carboxylic acids is 3. The topological polar surface area (TPSA) is 87.7 Å². The number of rotatable bonds is 7. The van der Waals surface area contributed by atoms with E-state index in [9.17, 15) is 14.4 Å². The Morgan fingerprint density at radius 1 is 1.11 bits per heavy atom. The van der Waals surface area contributed by atoms with Crippen molar-refractivity contribution in [3.05, 3.63) is 41.5 Å². The molecule has 1 aliphatic carbocycles. The van der Waals surface area contributed by atoms with Crippen molar-refractivity contribution in [2.45, 2.75) is 32.1 Å². The zero-order valence-electron chi connectivity index (χ0n) is 15.9. The Labute approximate surface area is 159 Å². The number of imide groups is 1. The van der Waals surface area contributed by atoms with Crippen LogP contribution in [0, 0.1) is 0 Å². The fourth-order valence-electron chi connectivity index (χ4n) is 2.79. The Balaban J connectivity index is 1.66. The van der Waals surface area contributed by atoms with Crippen LogP contribution < -0.4 is 15.5 Å². The maximum atomic E-state index is 11.9. The van der Waals surface area contributed by atoms with Gasteiger partial charge in [0, 0.05) is 26.3 Å². The SMILES string of the molecule is CN(C)c1ccc(C(=O)OCC(=O)NC(=O)NCCC2=CCCCC2)cc1. The first kappa shape index (κ1) is 20.5. The molecular formula is C20H27N3O4. The summed E-state index contributed by atoms with van der Waals surface area (Å²) in [6.07, 6.45) is 7.61. The monoisotopic (exact) mass is 373 g/mol. The van der Waals surface area contributed by atoms with Gasteiger partial charge in [-0.1, -0.05) is 11.6 Å². The predicted molar refractivity (Wildman–Crippen MR) is 104 cm³/mol. The second-order valence-electron chi connectivity index (χ2n) is 6.68. The molecule has 0 heterocycles. The van der Waals surface area contributed by atoms with Crippen molar-refractivity contribution in [1.82, 2.24) is 10.6 Å². The fourth-order valence-corrected chi connectivity index (χ4v) is 2.79. The van der Waals surface area contributed by atoms with Crippen LogP contribution >= 0.6 is 0 Å². The van der Waals surface area contributed by atoms with Crippen molar-refractivity contribution < 1.29 is 19.1 Å². The van der Waals surface area contributed by atoms with Gasteiger partial charge in [-0.3, -0.25) is 10.1 Å². The number of allylic oxidation sites excluding steroid dienone is 1. The predicted octanol–water partition coefficient (Wildman–Crippen LogP) is 2.63. The van der Waals surface area contributed by atoms with E-state index in [1.54, 1.807) is 24.3 Å². The lowest BCUT2D eigenvalue weighted by molar-refractivity contribution is -0.123. The Morgan fingerprint density at radius 3 is 2.48 bits per heavy atom. The Bertz CT molecular complexity index is 696. The van der Waals surface area contributed by atoms with E-state index in [4.69, 9.17) is 4.74 Å². The van der Waals surface area contributed by atoms with E-state index in [0.717, 1.165) is 24.9 Å². The van der Waals surface area contributed by atoms with E-state index in [1.165, 1.54) is 18.4 Å². The Kier molecular flexibility index (Phi) is 7.85. The molecule has 146 valence electrons. The lowest BCUT2D eigenvalue weighted by atomic mass is 9.97. The van der Waals surface area contributed by atoms with Crippen LogP contribution in [0.15, 0.2) is 35.9 Å². The maximum absolute atomic E-state index is 11.9. The number of ether oxygens (including phenoxy) is 1. The number of esters is 1. The van der Waals surface area contributed by atoms with Crippen LogP contribution in [-0.4, -0.2) is 45.2 Å². The number of nitrogens with one attached hydrogen (secondary N) is 2. The van der Waals surface area contributed by atoms with Gasteiger partial charge in [-0.25, -0.2) is 9.59 Å². The molecule has 0 aliphatic heterocycles. The smallest absolute Gasteiger partial charge is 0.338 e. The molecule has 27 heavy (non-hydrogen) atoms. The fraction of sp³-hybridized carbons (Fsp3) is 0.450. The van der Waals surface area contributed by atoms with Gasteiger partial charge in [0.2, 0.25) is 0 Å². The summed E-state index contributed by atoms with van der Waals surface area (Å²) >= 11 is 0. The molecule has 2 N–H and O–H groups in total. The first-order valence-electron chi connectivity index (χ1n) is 9.16. The molecule has 0 atom stereocenters. The van der Waals surface area contributed by atoms with Gasteiger partial charge in [0.25, 0.3) is 5.91 Å². The number of urea groups is 1. The molecule has 0 spiro atoms. The van der Waals surface area contributed by atoms with E-state index >= 15 is 0 Å². The van der Waals surface area contributed by atoms with Crippen molar-refractivity contribution in [3.8, 4) is 0 Å². The average Bonchev–Trinajstić information content (AvgIpc) is 2.67. The zero-order chi connectivity index (χ0) is 19.6. The van der Waals surface area contributed by atoms with Gasteiger partial charge in [-0.05, 0) is 56.4 Å². The molecule has 1 aromatic rings. The third kappa shape index (κ3) is 7.13. The van der Waals surface area contributed by atoms with Crippen LogP contribution in [0.4, 0.5) is 10.5 Å². The second-order valence-corrected chi connectivity index (χ2v) is 6.68. The molecule has 0 bridgehead atoms. The molecule has 0 radical (unpaired) electrons. The molecule has 0 unspecified atom stereocenters. The van der Waals surface area contributed by atoms with Crippen molar-refractivity contribution in [2.75, 3.05) is 32.1 Å². The summed E-state index contributed by atoms with van der Waals surface area (Å²) in [5, 5.41) is 4.80. The van der Waals surface area contributed by atoms with Crippen LogP contribution in [-0.2, 0) is 9.53 Å². The van der Waals surface area contributed by atoms with E-state index in [1.807, 2.05) is 19.0 Å². The summed E-state index contributed by atoms with van der Waals surface area (Å²) in [5.74, 6) is -1.28. The van der Waals surface area contributed by atoms with Gasteiger partial charge >= 0.3 is 12.0 Å². The highest BCUT2D eigenvalue weighted by Gasteiger charge is 2.13. The van der Waals surface area contributed by atoms with Crippen molar-refractivity contribution in [3.63, 3.8) is 0 Å². The van der Waals surface area contributed by atoms with Gasteiger partial charge < -0.3 is 15.0 Å². The number of hydrogen-bond donors (Lipinski definition) is 2. The molecule has 0 saturated carbocycles. The lowest BCUT2D eigenvalue weighted by Gasteiger charge is -2.13. The second kappa shape index (κ2) is 10.4. The first-order chi connectivity index (χ1) is 13.0. The number of hydrogen-bond acceptors (Lipinski definition) is 5. The Hall–Kier alpha value is -2.83. The van der Waals surface area contributed by atoms with Crippen LogP contribution in [0.3, 0.4) is 0 Å². The normalized spacial score (nSPS) is 13.3. The molecular weight excluding hydrogens is 346 g/mol. The van der Waals surface area contributed by atoms with Crippen molar-refractivity contribution in [1.29, 1.82) is 0 Å². The molecule has 0 aromatic heterocycles. The minimum Gasteiger partial charge on any atom is -0.452 e. The van der Waals surface area contributed by atoms with Crippen LogP contribution in [0.2, 0.25) is 0 Å². The highest BCUT2D eigenvalue weighted by Crippen LogP contribution is 2.19. The van der Waals surface area contributed by atoms with E-state index < -0.39 is 24.5 Å². The highest BCUT2D eigenvalue weighted by atomic mass is 16.5. The standard InChI is InChI=1S/C20H27N3O4/c1-23(2)17-10-8-16(9-11-17)19(25)27-14-18(24)22-20(26)21-13-12-15-6-4-3-5-7-15/h6,8-11H,3-5,7,12-14H2,1-2H3,(H2,21,22,24,26). The third-order valence-corrected chi connectivity index (χ3v) is 4.32. The summed E-state index contributed by atoms with van der Waals surface area (Å²) < 4.78 is 4.94. The minimum absolute atomic E-state index is 0.346. The van der Waals surface area contributed by atoms with E-state index in [2.05, 4.69) is 16.7 Å². The van der Waals surface area contributed by atoms with Gasteiger partial charge in [-0.15, -0.1) is 0 Å². The summed E-state index contributed by atoms with van der Waals surface area (Å²) in [5.41, 5.74) is 2.64. The lowest BCUT2D eigenvalue weighted by Crippen LogP contribution is -2.41. The molecule has 3 amide bonds. The highest BCUT2D eigenvalue weighted by molar-refractivity contribution is 5.97. The number of nitrogens with zero attached hydrogens (tertiary/aromatic N) is 1. The van der Waals surface area contributed by atoms with Crippen LogP contribution in [0.25, 0.3) is 0 Å². The maximum Gasteiger partial charge on any atom is 0.338 e. The number of carbonyl (C=O) groups is 3. The van der Waals surface area contributed by atoms with Gasteiger partial charge in [-0.2, -0.15) is 0 Å². The molecule has 0 fully saturated rings. The van der Waals surface area contributed by atoms with Crippen LogP contribution in [0.5, 0.6) is 0 Å². The molecule has 1 aromatic carbocycles. The largest absolute Gasteiger partial charge is 0.452 e. The molecule has 2 rings (SSSR count). The van der Waals surface area contributed by atoms with Crippen molar-refractivity contribution >= 4 is 23.6 Å². The first-order valence-corrected chi connectivity index (χ1v) is 9.16. The molecule has 0 saturated heterocycles. The van der Waals surface area contributed by atoms with E-state index in [0.29, 0.717) is 12.1 Å². The summed E-state index contributed by atoms with van der Waals surface area (Å²) in [6, 6.07) is 6.24. The summed E-state index contributed by atoms with van der Waals surface area (Å²) in [4.78, 5) is 37.3. The summed E-state index contributed by atoms with van der Waals surface area (Å²) in [7, 11) is 3.80. The van der Waals surface area contributed by atoms with Gasteiger partial charge in [0.1, 0.15) is 0 Å². The number of anilines is 1. The zero-order valence-corrected chi connectivity index (χ0v) is 15.9. The Morgan fingerprint density at radius 2 is 1.85 bits per heavy atom. The quantitative estimate of drug-likeness (QED) is 0.567. The van der Waals surface area contributed by atoms with Gasteiger partial charge in [0.15, 0.2) is 6.61 Å². The average molecular weight is 373 g/mol. The number of benzene rings is 1. The minimum atomic E-state index is -0.664. The number of amides is 3. The molecule has 1 aliphatic rings. The van der Waals surface area contributed by atoms with E-state index in [-0.39, 0.29) is 0 Å². The molecule has 7 nitrogen and oxygen atoms in total.